The van der Waals surface area contributed by atoms with E-state index in [0.717, 1.165) is 6.07 Å². The summed E-state index contributed by atoms with van der Waals surface area (Å²) in [5.41, 5.74) is 0.0912. The number of aromatic hydroxyl groups is 2. The zero-order valence-corrected chi connectivity index (χ0v) is 11.3. The van der Waals surface area contributed by atoms with E-state index >= 15 is 0 Å². The molecule has 0 saturated heterocycles. The number of hydrogen-bond donors (Lipinski definition) is 2. The maximum absolute atomic E-state index is 11.9. The summed E-state index contributed by atoms with van der Waals surface area (Å²) in [6.45, 7) is -0.250. The Balaban J connectivity index is 2.13. The number of benzene rings is 2. The Kier molecular flexibility index (Phi) is 4.47. The lowest BCUT2D eigenvalue weighted by Crippen LogP contribution is -2.04. The number of nitro benzene ring substituents is 1. The molecule has 2 N–H and O–H groups in total. The van der Waals surface area contributed by atoms with Gasteiger partial charge >= 0.3 is 0 Å². The maximum atomic E-state index is 11.9. The lowest BCUT2D eigenvalue weighted by molar-refractivity contribution is -0.384. The van der Waals surface area contributed by atoms with Crippen LogP contribution in [0.4, 0.5) is 5.69 Å². The van der Waals surface area contributed by atoms with Crippen molar-refractivity contribution in [3.05, 3.63) is 63.7 Å². The number of ketones is 1. The van der Waals surface area contributed by atoms with Gasteiger partial charge in [0.25, 0.3) is 5.69 Å². The summed E-state index contributed by atoms with van der Waals surface area (Å²) in [5, 5.41) is 29.8. The molecule has 7 nitrogen and oxygen atoms in total. The summed E-state index contributed by atoms with van der Waals surface area (Å²) in [6.07, 6.45) is 1.18. The van der Waals surface area contributed by atoms with Crippen molar-refractivity contribution in [2.45, 2.75) is 0 Å². The van der Waals surface area contributed by atoms with E-state index in [9.17, 15) is 25.1 Å². The molecule has 0 aliphatic rings. The molecule has 2 rings (SSSR count). The summed E-state index contributed by atoms with van der Waals surface area (Å²) in [4.78, 5) is 25.8. The van der Waals surface area contributed by atoms with Gasteiger partial charge in [0.05, 0.1) is 10.5 Å². The zero-order valence-electron chi connectivity index (χ0n) is 11.3. The zero-order chi connectivity index (χ0) is 16.1. The standard InChI is InChI=1S/C15H12N2O5/c18-13-6-5-11(17(21)22)7-10(13)8-16-9-15(20)12-3-1-2-4-14(12)19/h1-8,18-19H,9H2. The van der Waals surface area contributed by atoms with Crippen molar-refractivity contribution in [3.8, 4) is 11.5 Å². The first-order valence-electron chi connectivity index (χ1n) is 6.27. The summed E-state index contributed by atoms with van der Waals surface area (Å²) < 4.78 is 0. The molecule has 22 heavy (non-hydrogen) atoms. The number of nitro groups is 1. The molecule has 0 atom stereocenters. The molecule has 2 aromatic rings. The Morgan fingerprint density at radius 2 is 1.91 bits per heavy atom. The average molecular weight is 300 g/mol. The molecule has 0 amide bonds. The Bertz CT molecular complexity index is 755. The SMILES string of the molecule is O=C(CN=Cc1cc([N+](=O)[O-])ccc1O)c1ccccc1O. The topological polar surface area (TPSA) is 113 Å². The van der Waals surface area contributed by atoms with Gasteiger partial charge in [0.2, 0.25) is 0 Å². The number of para-hydroxylation sites is 1. The van der Waals surface area contributed by atoms with Gasteiger partial charge in [-0.3, -0.25) is 19.9 Å². The smallest absolute Gasteiger partial charge is 0.270 e. The fourth-order valence-electron chi connectivity index (χ4n) is 1.78. The van der Waals surface area contributed by atoms with Gasteiger partial charge < -0.3 is 10.2 Å². The quantitative estimate of drug-likeness (QED) is 0.381. The number of phenolic OH excluding ortho intramolecular Hbond substituents is 2. The Labute approximate surface area is 125 Å². The van der Waals surface area contributed by atoms with E-state index in [1.165, 1.54) is 30.5 Å². The van der Waals surface area contributed by atoms with E-state index < -0.39 is 10.7 Å². The molecule has 0 radical (unpaired) electrons. The first-order chi connectivity index (χ1) is 10.5. The number of non-ortho nitro benzene ring substituents is 1. The summed E-state index contributed by atoms with van der Waals surface area (Å²) in [7, 11) is 0. The van der Waals surface area contributed by atoms with Crippen LogP contribution >= 0.6 is 0 Å². The van der Waals surface area contributed by atoms with Crippen LogP contribution in [0.15, 0.2) is 47.5 Å². The predicted molar refractivity (Wildman–Crippen MR) is 79.7 cm³/mol. The van der Waals surface area contributed by atoms with E-state index in [1.807, 2.05) is 0 Å². The highest BCUT2D eigenvalue weighted by Crippen LogP contribution is 2.21. The van der Waals surface area contributed by atoms with Crippen LogP contribution in [-0.2, 0) is 0 Å². The van der Waals surface area contributed by atoms with Gasteiger partial charge in [-0.05, 0) is 18.2 Å². The third-order valence-electron chi connectivity index (χ3n) is 2.89. The van der Waals surface area contributed by atoms with Crippen LogP contribution in [0.25, 0.3) is 0 Å². The van der Waals surface area contributed by atoms with Crippen LogP contribution in [0.1, 0.15) is 15.9 Å². The molecule has 0 aromatic heterocycles. The first kappa shape index (κ1) is 15.2. The van der Waals surface area contributed by atoms with Crippen LogP contribution in [0.3, 0.4) is 0 Å². The Hall–Kier alpha value is -3.22. The lowest BCUT2D eigenvalue weighted by atomic mass is 10.1. The van der Waals surface area contributed by atoms with Gasteiger partial charge in [-0.15, -0.1) is 0 Å². The van der Waals surface area contributed by atoms with Crippen molar-refractivity contribution < 1.29 is 19.9 Å². The number of nitrogens with zero attached hydrogens (tertiary/aromatic N) is 2. The number of hydrogen-bond acceptors (Lipinski definition) is 6. The van der Waals surface area contributed by atoms with Crippen molar-refractivity contribution >= 4 is 17.7 Å². The van der Waals surface area contributed by atoms with Gasteiger partial charge in [0, 0.05) is 23.9 Å². The molecule has 2 aromatic carbocycles. The molecule has 0 heterocycles. The van der Waals surface area contributed by atoms with Crippen LogP contribution in [0.2, 0.25) is 0 Å². The second kappa shape index (κ2) is 6.49. The van der Waals surface area contributed by atoms with Gasteiger partial charge in [0.1, 0.15) is 18.0 Å². The van der Waals surface area contributed by atoms with Crippen LogP contribution < -0.4 is 0 Å². The second-order valence-corrected chi connectivity index (χ2v) is 4.41. The molecule has 0 spiro atoms. The van der Waals surface area contributed by atoms with E-state index in [1.54, 1.807) is 12.1 Å². The minimum Gasteiger partial charge on any atom is -0.507 e. The van der Waals surface area contributed by atoms with Crippen LogP contribution in [0, 0.1) is 10.1 Å². The van der Waals surface area contributed by atoms with E-state index in [0.29, 0.717) is 0 Å². The number of aliphatic imine (C=N–C) groups is 1. The summed E-state index contributed by atoms with van der Waals surface area (Å²) in [5.74, 6) is -0.718. The molecule has 0 unspecified atom stereocenters. The highest BCUT2D eigenvalue weighted by Gasteiger charge is 2.10. The first-order valence-corrected chi connectivity index (χ1v) is 6.27. The molecule has 0 fully saturated rings. The van der Waals surface area contributed by atoms with Gasteiger partial charge in [-0.1, -0.05) is 12.1 Å². The van der Waals surface area contributed by atoms with E-state index in [4.69, 9.17) is 0 Å². The summed E-state index contributed by atoms with van der Waals surface area (Å²) >= 11 is 0. The minimum atomic E-state index is -0.593. The minimum absolute atomic E-state index is 0.138. The monoisotopic (exact) mass is 300 g/mol. The molecule has 7 heteroatoms. The fourth-order valence-corrected chi connectivity index (χ4v) is 1.78. The molecule has 0 aliphatic heterocycles. The summed E-state index contributed by atoms with van der Waals surface area (Å²) in [6, 6.07) is 9.58. The molecule has 0 saturated carbocycles. The lowest BCUT2D eigenvalue weighted by Gasteiger charge is -2.01. The van der Waals surface area contributed by atoms with Crippen molar-refractivity contribution in [2.75, 3.05) is 6.54 Å². The van der Waals surface area contributed by atoms with Crippen molar-refractivity contribution in [1.82, 2.24) is 0 Å². The van der Waals surface area contributed by atoms with Crippen molar-refractivity contribution in [2.24, 2.45) is 4.99 Å². The average Bonchev–Trinajstić information content (AvgIpc) is 2.49. The number of carbonyl (C=O) groups excluding carboxylic acids is 1. The van der Waals surface area contributed by atoms with Crippen molar-refractivity contribution in [3.63, 3.8) is 0 Å². The second-order valence-electron chi connectivity index (χ2n) is 4.41. The number of phenols is 2. The molecular weight excluding hydrogens is 288 g/mol. The third kappa shape index (κ3) is 3.45. The number of rotatable bonds is 5. The molecule has 0 aliphatic carbocycles. The van der Waals surface area contributed by atoms with E-state index in [-0.39, 0.29) is 34.9 Å². The van der Waals surface area contributed by atoms with Crippen LogP contribution in [-0.4, -0.2) is 33.7 Å². The largest absolute Gasteiger partial charge is 0.507 e. The normalized spacial score (nSPS) is 10.7. The van der Waals surface area contributed by atoms with Gasteiger partial charge in [-0.2, -0.15) is 0 Å². The van der Waals surface area contributed by atoms with E-state index in [2.05, 4.69) is 4.99 Å². The highest BCUT2D eigenvalue weighted by atomic mass is 16.6. The van der Waals surface area contributed by atoms with Crippen molar-refractivity contribution in [1.29, 1.82) is 0 Å². The Morgan fingerprint density at radius 1 is 1.18 bits per heavy atom. The molecule has 0 bridgehead atoms. The maximum Gasteiger partial charge on any atom is 0.270 e. The van der Waals surface area contributed by atoms with Gasteiger partial charge in [-0.25, -0.2) is 0 Å². The fraction of sp³-hybridized carbons (Fsp3) is 0.0667. The number of carbonyl (C=O) groups is 1. The predicted octanol–water partition coefficient (Wildman–Crippen LogP) is 2.31. The van der Waals surface area contributed by atoms with Crippen LogP contribution in [0.5, 0.6) is 11.5 Å². The third-order valence-corrected chi connectivity index (χ3v) is 2.89. The highest BCUT2D eigenvalue weighted by molar-refractivity contribution is 6.01. The number of Topliss-reactive ketones (excluding diaryl/α,β-unsaturated/α-hetero) is 1. The Morgan fingerprint density at radius 3 is 2.59 bits per heavy atom. The molecule has 112 valence electrons. The molecular formula is C15H12N2O5. The van der Waals surface area contributed by atoms with Gasteiger partial charge in [0.15, 0.2) is 5.78 Å².